The molecular weight excluding hydrogens is 865 g/mol. The van der Waals surface area contributed by atoms with E-state index >= 15 is 0 Å². The molecule has 3 aliphatic heterocycles. The molecule has 3 saturated heterocycles. The van der Waals surface area contributed by atoms with E-state index in [0.717, 1.165) is 39.1 Å². The second-order valence-corrected chi connectivity index (χ2v) is 18.2. The molecule has 0 N–H and O–H groups in total. The van der Waals surface area contributed by atoms with Crippen molar-refractivity contribution in [2.75, 3.05) is 19.0 Å². The lowest BCUT2D eigenvalue weighted by molar-refractivity contribution is -0.378. The Bertz CT molecular complexity index is 2300. The minimum absolute atomic E-state index is 0.188. The van der Waals surface area contributed by atoms with Crippen LogP contribution in [-0.2, 0) is 80.4 Å². The maximum Gasteiger partial charge on any atom is 0.187 e. The molecule has 2 unspecified atom stereocenters. The predicted molar refractivity (Wildman–Crippen MR) is 257 cm³/mol. The summed E-state index contributed by atoms with van der Waals surface area (Å²) in [7, 11) is 0. The number of rotatable bonds is 21. The molecule has 0 aromatic heterocycles. The van der Waals surface area contributed by atoms with Gasteiger partial charge in [-0.25, -0.2) is 0 Å². The van der Waals surface area contributed by atoms with Crippen LogP contribution in [0.1, 0.15) is 46.6 Å². The third kappa shape index (κ3) is 12.9. The summed E-state index contributed by atoms with van der Waals surface area (Å²) in [5.41, 5.74) is 5.58. The molecule has 0 saturated carbocycles. The van der Waals surface area contributed by atoms with Crippen LogP contribution in [0.4, 0.5) is 0 Å². The van der Waals surface area contributed by atoms with Gasteiger partial charge in [0, 0.05) is 5.56 Å². The van der Waals surface area contributed by atoms with Gasteiger partial charge in [0.2, 0.25) is 0 Å². The normalized spacial score (nSPS) is 27.3. The molecule has 6 aromatic rings. The van der Waals surface area contributed by atoms with Crippen LogP contribution >= 0.6 is 11.8 Å². The molecule has 350 valence electrons. The van der Waals surface area contributed by atoms with Crippen molar-refractivity contribution < 1.29 is 47.4 Å². The van der Waals surface area contributed by atoms with Gasteiger partial charge in [0.25, 0.3) is 0 Å². The van der Waals surface area contributed by atoms with Gasteiger partial charge in [0.15, 0.2) is 12.6 Å². The van der Waals surface area contributed by atoms with Crippen molar-refractivity contribution >= 4 is 11.8 Å². The van der Waals surface area contributed by atoms with Gasteiger partial charge in [0.1, 0.15) is 54.3 Å². The summed E-state index contributed by atoms with van der Waals surface area (Å²) >= 11 is 1.67. The second-order valence-electron chi connectivity index (χ2n) is 16.9. The van der Waals surface area contributed by atoms with Crippen molar-refractivity contribution in [3.05, 3.63) is 215 Å². The fraction of sp³-hybridized carbons (Fsp3) is 0.357. The van der Waals surface area contributed by atoms with Crippen LogP contribution in [0.2, 0.25) is 0 Å². The van der Waals surface area contributed by atoms with Crippen molar-refractivity contribution in [1.29, 1.82) is 0 Å². The molecule has 11 atom stereocenters. The molecule has 10 nitrogen and oxygen atoms in total. The smallest absolute Gasteiger partial charge is 0.187 e. The quantitative estimate of drug-likeness (QED) is 0.0691. The van der Waals surface area contributed by atoms with Gasteiger partial charge in [-0.3, -0.25) is 0 Å². The Morgan fingerprint density at radius 3 is 1.42 bits per heavy atom. The monoisotopic (exact) mass is 924 g/mol. The molecule has 11 heteroatoms. The highest BCUT2D eigenvalue weighted by molar-refractivity contribution is 7.99. The maximum absolute atomic E-state index is 7.52. The lowest BCUT2D eigenvalue weighted by atomic mass is 9.95. The van der Waals surface area contributed by atoms with Crippen LogP contribution in [0, 0.1) is 0 Å². The number of fused-ring (bicyclic) bond motifs is 1. The largest absolute Gasteiger partial charge is 0.374 e. The van der Waals surface area contributed by atoms with Crippen molar-refractivity contribution in [3.8, 4) is 0 Å². The minimum Gasteiger partial charge on any atom is -0.374 e. The van der Waals surface area contributed by atoms with Gasteiger partial charge in [-0.1, -0.05) is 189 Å². The first-order valence-corrected chi connectivity index (χ1v) is 24.4. The van der Waals surface area contributed by atoms with Crippen LogP contribution in [0.5, 0.6) is 0 Å². The van der Waals surface area contributed by atoms with Gasteiger partial charge in [0.05, 0.1) is 46.2 Å². The molecule has 3 heterocycles. The summed E-state index contributed by atoms with van der Waals surface area (Å²) in [5, 5.41) is 0. The molecule has 3 fully saturated rings. The number of benzene rings is 6. The van der Waals surface area contributed by atoms with Crippen LogP contribution in [0.3, 0.4) is 0 Å². The molecule has 0 amide bonds. The Morgan fingerprint density at radius 2 is 0.910 bits per heavy atom. The molecular formula is C56H60O10S. The summed E-state index contributed by atoms with van der Waals surface area (Å²) in [4.78, 5) is 0. The Hall–Kier alpha value is -4.73. The molecule has 6 aromatic carbocycles. The minimum atomic E-state index is -1.01. The highest BCUT2D eigenvalue weighted by Gasteiger charge is 2.56. The van der Waals surface area contributed by atoms with Gasteiger partial charge in [-0.15, -0.1) is 11.8 Å². The van der Waals surface area contributed by atoms with Gasteiger partial charge < -0.3 is 47.4 Å². The van der Waals surface area contributed by atoms with E-state index in [9.17, 15) is 0 Å². The summed E-state index contributed by atoms with van der Waals surface area (Å²) in [6.07, 6.45) is -6.83. The summed E-state index contributed by atoms with van der Waals surface area (Å²) in [5.74, 6) is 0.785. The van der Waals surface area contributed by atoms with Crippen molar-refractivity contribution in [1.82, 2.24) is 0 Å². The summed E-state index contributed by atoms with van der Waals surface area (Å²) in [6, 6.07) is 60.6. The highest BCUT2D eigenvalue weighted by atomic mass is 32.2. The van der Waals surface area contributed by atoms with Crippen molar-refractivity contribution in [2.45, 2.75) is 107 Å². The summed E-state index contributed by atoms with van der Waals surface area (Å²) in [6.45, 7) is 4.19. The van der Waals surface area contributed by atoms with Gasteiger partial charge >= 0.3 is 0 Å². The van der Waals surface area contributed by atoms with Gasteiger partial charge in [-0.05, 0) is 33.6 Å². The van der Waals surface area contributed by atoms with E-state index < -0.39 is 66.8 Å². The average molecular weight is 925 g/mol. The zero-order valence-electron chi connectivity index (χ0n) is 37.8. The second kappa shape index (κ2) is 24.5. The molecule has 9 rings (SSSR count). The lowest BCUT2D eigenvalue weighted by Crippen LogP contribution is -2.67. The molecule has 0 spiro atoms. The zero-order valence-corrected chi connectivity index (χ0v) is 38.6. The first kappa shape index (κ1) is 47.3. The fourth-order valence-corrected chi connectivity index (χ4v) is 9.71. The van der Waals surface area contributed by atoms with Crippen LogP contribution in [0.15, 0.2) is 182 Å². The third-order valence-electron chi connectivity index (χ3n) is 12.1. The lowest BCUT2D eigenvalue weighted by Gasteiger charge is -2.52. The van der Waals surface area contributed by atoms with E-state index in [4.69, 9.17) is 47.4 Å². The molecule has 3 aliphatic rings. The first-order valence-electron chi connectivity index (χ1n) is 23.3. The molecule has 0 radical (unpaired) electrons. The molecule has 0 aliphatic carbocycles. The van der Waals surface area contributed by atoms with Crippen LogP contribution in [-0.4, -0.2) is 79.5 Å². The third-order valence-corrected chi connectivity index (χ3v) is 13.1. The van der Waals surface area contributed by atoms with Crippen molar-refractivity contribution in [3.63, 3.8) is 0 Å². The van der Waals surface area contributed by atoms with E-state index in [1.807, 2.05) is 133 Å². The van der Waals surface area contributed by atoms with E-state index in [0.29, 0.717) is 33.0 Å². The predicted octanol–water partition coefficient (Wildman–Crippen LogP) is 10.2. The standard InChI is InChI=1S/C56H60O10S/c1-2-67-56-53(61-37-44-29-17-7-18-30-44)51(49-47(64-56)39-62-54(65-49)45-31-19-8-20-32-45)66-55-52(60-36-43-27-15-6-16-28-43)50(59-35-42-25-13-5-14-26-42)48(58-34-41-23-11-4-12-24-41)46(63-55)38-57-33-40-21-9-3-10-22-40/h3-32,46-56H,2,33-39H2,1H3/t46-,47-,48-,49-,50+,51+,52-,53-,54?,55?,56+/m1/s1. The Morgan fingerprint density at radius 1 is 0.463 bits per heavy atom. The van der Waals surface area contributed by atoms with Crippen LogP contribution in [0.25, 0.3) is 0 Å². The topological polar surface area (TPSA) is 92.3 Å². The van der Waals surface area contributed by atoms with Crippen molar-refractivity contribution in [2.24, 2.45) is 0 Å². The Balaban J connectivity index is 1.10. The number of thioether (sulfide) groups is 1. The molecule has 0 bridgehead atoms. The number of hydrogen-bond acceptors (Lipinski definition) is 11. The zero-order chi connectivity index (χ0) is 45.5. The van der Waals surface area contributed by atoms with E-state index in [1.165, 1.54) is 0 Å². The van der Waals surface area contributed by atoms with E-state index in [1.54, 1.807) is 11.8 Å². The maximum atomic E-state index is 7.52. The first-order chi connectivity index (χ1) is 33.2. The van der Waals surface area contributed by atoms with Crippen LogP contribution < -0.4 is 0 Å². The number of hydrogen-bond donors (Lipinski definition) is 0. The van der Waals surface area contributed by atoms with E-state index in [-0.39, 0.29) is 13.2 Å². The molecule has 67 heavy (non-hydrogen) atoms. The summed E-state index contributed by atoms with van der Waals surface area (Å²) < 4.78 is 69.5. The fourth-order valence-electron chi connectivity index (χ4n) is 8.73. The highest BCUT2D eigenvalue weighted by Crippen LogP contribution is 2.42. The number of ether oxygens (including phenoxy) is 10. The van der Waals surface area contributed by atoms with Gasteiger partial charge in [-0.2, -0.15) is 0 Å². The average Bonchev–Trinajstić information content (AvgIpc) is 3.39. The Kier molecular flexibility index (Phi) is 17.3. The Labute approximate surface area is 398 Å². The SMILES string of the molecule is CCS[C@@H]1O[C@@H]2COC(c3ccccc3)O[C@H]2[C@H](OC2O[C@H](COCc3ccccc3)[C@@H](OCc3ccccc3)[C@H](OCc3ccccc3)[C@H]2OCc2ccccc2)[C@H]1OCc1ccccc1. The van der Waals surface area contributed by atoms with E-state index in [2.05, 4.69) is 55.5 Å².